The van der Waals surface area contributed by atoms with Gasteiger partial charge in [0, 0.05) is 6.54 Å². The zero-order valence-electron chi connectivity index (χ0n) is 18.0. The molecule has 0 aromatic heterocycles. The number of amides is 1. The third-order valence-electron chi connectivity index (χ3n) is 4.60. The summed E-state index contributed by atoms with van der Waals surface area (Å²) in [6, 6.07) is 21.4. The van der Waals surface area contributed by atoms with Gasteiger partial charge in [0.1, 0.15) is 17.1 Å². The number of hydrogen-bond acceptors (Lipinski definition) is 6. The van der Waals surface area contributed by atoms with Crippen molar-refractivity contribution in [2.45, 2.75) is 6.42 Å². The van der Waals surface area contributed by atoms with Crippen molar-refractivity contribution in [2.75, 3.05) is 27.4 Å². The number of nitrogens with one attached hydrogen (secondary N) is 1. The normalized spacial score (nSPS) is 10.2. The third kappa shape index (κ3) is 6.25. The highest BCUT2D eigenvalue weighted by Gasteiger charge is 2.16. The van der Waals surface area contributed by atoms with Crippen LogP contribution in [-0.2, 0) is 16.0 Å². The maximum atomic E-state index is 12.5. The molecule has 0 radical (unpaired) electrons. The van der Waals surface area contributed by atoms with Crippen LogP contribution < -0.4 is 19.5 Å². The Labute approximate surface area is 186 Å². The number of methoxy groups -OCH3 is 2. The van der Waals surface area contributed by atoms with Gasteiger partial charge in [0.2, 0.25) is 0 Å². The van der Waals surface area contributed by atoms with Crippen LogP contribution in [-0.4, -0.2) is 39.2 Å². The summed E-state index contributed by atoms with van der Waals surface area (Å²) in [7, 11) is 3.14. The van der Waals surface area contributed by atoms with Crippen molar-refractivity contribution in [2.24, 2.45) is 0 Å². The minimum absolute atomic E-state index is 0.245. The lowest BCUT2D eigenvalue weighted by molar-refractivity contribution is -0.124. The van der Waals surface area contributed by atoms with Crippen molar-refractivity contribution in [3.8, 4) is 23.0 Å². The number of carbonyl (C=O) groups is 2. The molecule has 0 bridgehead atoms. The molecule has 3 aromatic rings. The van der Waals surface area contributed by atoms with E-state index >= 15 is 0 Å². The van der Waals surface area contributed by atoms with E-state index in [2.05, 4.69) is 5.32 Å². The molecule has 7 heteroatoms. The molecular formula is C25H25NO6. The molecule has 0 saturated heterocycles. The molecule has 1 N–H and O–H groups in total. The first-order valence-electron chi connectivity index (χ1n) is 10.1. The molecule has 0 heterocycles. The first-order valence-corrected chi connectivity index (χ1v) is 10.1. The molecule has 0 aliphatic carbocycles. The zero-order chi connectivity index (χ0) is 22.8. The average Bonchev–Trinajstić information content (AvgIpc) is 2.83. The first kappa shape index (κ1) is 22.7. The average molecular weight is 435 g/mol. The Morgan fingerprint density at radius 1 is 0.812 bits per heavy atom. The molecule has 0 saturated carbocycles. The quantitative estimate of drug-likeness (QED) is 0.485. The van der Waals surface area contributed by atoms with Gasteiger partial charge in [-0.3, -0.25) is 4.79 Å². The molecule has 0 aliphatic rings. The molecule has 3 rings (SSSR count). The van der Waals surface area contributed by atoms with Gasteiger partial charge in [-0.15, -0.1) is 0 Å². The van der Waals surface area contributed by atoms with Gasteiger partial charge >= 0.3 is 5.97 Å². The van der Waals surface area contributed by atoms with Gasteiger partial charge in [-0.1, -0.05) is 36.4 Å². The maximum Gasteiger partial charge on any atom is 0.342 e. The highest BCUT2D eigenvalue weighted by atomic mass is 16.5. The fourth-order valence-electron chi connectivity index (χ4n) is 2.98. The third-order valence-corrected chi connectivity index (χ3v) is 4.60. The van der Waals surface area contributed by atoms with Crippen molar-refractivity contribution in [1.82, 2.24) is 5.32 Å². The van der Waals surface area contributed by atoms with E-state index < -0.39 is 5.97 Å². The Kier molecular flexibility index (Phi) is 8.09. The van der Waals surface area contributed by atoms with Gasteiger partial charge in [-0.2, -0.15) is 0 Å². The molecule has 32 heavy (non-hydrogen) atoms. The Morgan fingerprint density at radius 2 is 1.53 bits per heavy atom. The SMILES string of the molecule is COc1ccc(CCNC(=O)COC(=O)c2ccccc2Oc2ccccc2)cc1OC. The highest BCUT2D eigenvalue weighted by Crippen LogP contribution is 2.28. The summed E-state index contributed by atoms with van der Waals surface area (Å²) in [6.45, 7) is 0.00398. The van der Waals surface area contributed by atoms with Crippen LogP contribution >= 0.6 is 0 Å². The number of carbonyl (C=O) groups excluding carboxylic acids is 2. The predicted molar refractivity (Wildman–Crippen MR) is 120 cm³/mol. The number of para-hydroxylation sites is 2. The van der Waals surface area contributed by atoms with E-state index in [1.165, 1.54) is 0 Å². The van der Waals surface area contributed by atoms with E-state index in [9.17, 15) is 9.59 Å². The molecule has 0 aliphatic heterocycles. The molecule has 166 valence electrons. The smallest absolute Gasteiger partial charge is 0.342 e. The van der Waals surface area contributed by atoms with Crippen molar-refractivity contribution in [3.63, 3.8) is 0 Å². The Balaban J connectivity index is 1.49. The van der Waals surface area contributed by atoms with Crippen molar-refractivity contribution in [1.29, 1.82) is 0 Å². The summed E-state index contributed by atoms with van der Waals surface area (Å²) in [5.74, 6) is 1.20. The van der Waals surface area contributed by atoms with Gasteiger partial charge in [0.25, 0.3) is 5.91 Å². The second-order valence-corrected chi connectivity index (χ2v) is 6.78. The number of ether oxygens (including phenoxy) is 4. The Morgan fingerprint density at radius 3 is 2.28 bits per heavy atom. The predicted octanol–water partition coefficient (Wildman–Crippen LogP) is 4.01. The van der Waals surface area contributed by atoms with Crippen LogP contribution in [0.3, 0.4) is 0 Å². The Bertz CT molecular complexity index is 1050. The van der Waals surface area contributed by atoms with Crippen LogP contribution in [0.15, 0.2) is 72.8 Å². The summed E-state index contributed by atoms with van der Waals surface area (Å²) in [6.07, 6.45) is 0.591. The number of benzene rings is 3. The van der Waals surface area contributed by atoms with Gasteiger partial charge < -0.3 is 24.3 Å². The van der Waals surface area contributed by atoms with Crippen LogP contribution in [0.2, 0.25) is 0 Å². The number of esters is 1. The molecule has 0 unspecified atom stereocenters. The van der Waals surface area contributed by atoms with Crippen LogP contribution in [0.4, 0.5) is 0 Å². The van der Waals surface area contributed by atoms with Gasteiger partial charge in [0.15, 0.2) is 18.1 Å². The minimum atomic E-state index is -0.633. The molecular weight excluding hydrogens is 410 g/mol. The monoisotopic (exact) mass is 435 g/mol. The zero-order valence-corrected chi connectivity index (χ0v) is 18.0. The molecule has 3 aromatic carbocycles. The highest BCUT2D eigenvalue weighted by molar-refractivity contribution is 5.94. The second kappa shape index (κ2) is 11.4. The van der Waals surface area contributed by atoms with Crippen LogP contribution in [0.5, 0.6) is 23.0 Å². The fourth-order valence-corrected chi connectivity index (χ4v) is 2.98. The van der Waals surface area contributed by atoms with Crippen LogP contribution in [0.25, 0.3) is 0 Å². The lowest BCUT2D eigenvalue weighted by Crippen LogP contribution is -2.30. The van der Waals surface area contributed by atoms with Crippen molar-refractivity contribution >= 4 is 11.9 Å². The van der Waals surface area contributed by atoms with E-state index in [1.807, 2.05) is 36.4 Å². The van der Waals surface area contributed by atoms with Crippen LogP contribution in [0.1, 0.15) is 15.9 Å². The van der Waals surface area contributed by atoms with E-state index in [0.29, 0.717) is 36.0 Å². The summed E-state index contributed by atoms with van der Waals surface area (Å²) in [5.41, 5.74) is 1.22. The lowest BCUT2D eigenvalue weighted by atomic mass is 10.1. The van der Waals surface area contributed by atoms with Gasteiger partial charge in [-0.05, 0) is 48.4 Å². The molecule has 0 fully saturated rings. The molecule has 0 atom stereocenters. The standard InChI is InChI=1S/C25H25NO6/c1-29-22-13-12-18(16-23(22)30-2)14-15-26-24(27)17-31-25(28)20-10-6-7-11-21(20)32-19-8-4-3-5-9-19/h3-13,16H,14-15,17H2,1-2H3,(H,26,27). The van der Waals surface area contributed by atoms with Gasteiger partial charge in [0.05, 0.1) is 14.2 Å². The fraction of sp³-hybridized carbons (Fsp3) is 0.200. The summed E-state index contributed by atoms with van der Waals surface area (Å²) in [4.78, 5) is 24.6. The molecule has 0 spiro atoms. The summed E-state index contributed by atoms with van der Waals surface area (Å²) < 4.78 is 21.4. The number of hydrogen-bond donors (Lipinski definition) is 1. The first-order chi connectivity index (χ1) is 15.6. The maximum absolute atomic E-state index is 12.5. The lowest BCUT2D eigenvalue weighted by Gasteiger charge is -2.11. The topological polar surface area (TPSA) is 83.1 Å². The Hall–Kier alpha value is -4.00. The second-order valence-electron chi connectivity index (χ2n) is 6.78. The van der Waals surface area contributed by atoms with E-state index in [-0.39, 0.29) is 18.1 Å². The largest absolute Gasteiger partial charge is 0.493 e. The minimum Gasteiger partial charge on any atom is -0.493 e. The van der Waals surface area contributed by atoms with Crippen LogP contribution in [0, 0.1) is 0 Å². The van der Waals surface area contributed by atoms with Crippen molar-refractivity contribution < 1.29 is 28.5 Å². The van der Waals surface area contributed by atoms with E-state index in [1.54, 1.807) is 50.6 Å². The summed E-state index contributed by atoms with van der Waals surface area (Å²) in [5, 5.41) is 2.74. The number of rotatable bonds is 10. The van der Waals surface area contributed by atoms with E-state index in [0.717, 1.165) is 5.56 Å². The van der Waals surface area contributed by atoms with Gasteiger partial charge in [-0.25, -0.2) is 4.79 Å². The molecule has 7 nitrogen and oxygen atoms in total. The van der Waals surface area contributed by atoms with E-state index in [4.69, 9.17) is 18.9 Å². The van der Waals surface area contributed by atoms with Crippen molar-refractivity contribution in [3.05, 3.63) is 83.9 Å². The summed E-state index contributed by atoms with van der Waals surface area (Å²) >= 11 is 0. The molecule has 1 amide bonds.